The van der Waals surface area contributed by atoms with Gasteiger partial charge in [-0.1, -0.05) is 42.7 Å². The second kappa shape index (κ2) is 5.65. The summed E-state index contributed by atoms with van der Waals surface area (Å²) < 4.78 is 0. The molecule has 1 aromatic carbocycles. The molecule has 1 saturated carbocycles. The molecule has 0 spiro atoms. The Morgan fingerprint density at radius 1 is 1.24 bits per heavy atom. The molecule has 1 aromatic rings. The molecule has 2 nitrogen and oxygen atoms in total. The number of aliphatic hydroxyl groups excluding tert-OH is 1. The maximum Gasteiger partial charge on any atom is 0.0916 e. The summed E-state index contributed by atoms with van der Waals surface area (Å²) >= 11 is 0. The second-order valence-electron chi connectivity index (χ2n) is 5.30. The van der Waals surface area contributed by atoms with Crippen LogP contribution in [0.3, 0.4) is 0 Å². The van der Waals surface area contributed by atoms with Crippen molar-refractivity contribution in [3.8, 4) is 0 Å². The zero-order valence-electron chi connectivity index (χ0n) is 10.9. The molecule has 1 fully saturated rings. The summed E-state index contributed by atoms with van der Waals surface area (Å²) in [5.41, 5.74) is 2.27. The van der Waals surface area contributed by atoms with Crippen LogP contribution in [-0.2, 0) is 0 Å². The van der Waals surface area contributed by atoms with Crippen molar-refractivity contribution in [1.82, 2.24) is 4.90 Å². The van der Waals surface area contributed by atoms with Crippen molar-refractivity contribution >= 4 is 0 Å². The van der Waals surface area contributed by atoms with E-state index in [1.165, 1.54) is 31.2 Å². The molecule has 1 aliphatic carbocycles. The topological polar surface area (TPSA) is 23.5 Å². The zero-order chi connectivity index (χ0) is 12.3. The first-order chi connectivity index (χ1) is 8.16. The third-order valence-corrected chi connectivity index (χ3v) is 3.87. The lowest BCUT2D eigenvalue weighted by Crippen LogP contribution is -2.33. The van der Waals surface area contributed by atoms with Crippen LogP contribution in [0.2, 0.25) is 0 Å². The van der Waals surface area contributed by atoms with Gasteiger partial charge >= 0.3 is 0 Å². The fourth-order valence-corrected chi connectivity index (χ4v) is 2.66. The molecule has 0 saturated heterocycles. The van der Waals surface area contributed by atoms with Gasteiger partial charge in [0, 0.05) is 12.6 Å². The number of hydrogen-bond acceptors (Lipinski definition) is 2. The molecular formula is C15H23NO. The standard InChI is InChI=1S/C15H23NO/c1-12-7-9-13(10-8-12)15(17)11-16(2)14-5-3-4-6-14/h7-10,14-15,17H,3-6,11H2,1-2H3. The Hall–Kier alpha value is -0.860. The van der Waals surface area contributed by atoms with E-state index in [1.54, 1.807) is 0 Å². The molecule has 2 rings (SSSR count). The van der Waals surface area contributed by atoms with Gasteiger partial charge in [-0.2, -0.15) is 0 Å². The number of aryl methyl sites for hydroxylation is 1. The van der Waals surface area contributed by atoms with E-state index in [4.69, 9.17) is 0 Å². The fraction of sp³-hybridized carbons (Fsp3) is 0.600. The summed E-state index contributed by atoms with van der Waals surface area (Å²) in [6, 6.07) is 8.86. The summed E-state index contributed by atoms with van der Waals surface area (Å²) in [5.74, 6) is 0. The van der Waals surface area contributed by atoms with Gasteiger partial charge in [0.1, 0.15) is 0 Å². The summed E-state index contributed by atoms with van der Waals surface area (Å²) in [5, 5.41) is 10.2. The largest absolute Gasteiger partial charge is 0.387 e. The third-order valence-electron chi connectivity index (χ3n) is 3.87. The number of hydrogen-bond donors (Lipinski definition) is 1. The molecule has 1 N–H and O–H groups in total. The van der Waals surface area contributed by atoms with Crippen molar-refractivity contribution in [1.29, 1.82) is 0 Å². The van der Waals surface area contributed by atoms with E-state index in [9.17, 15) is 5.11 Å². The van der Waals surface area contributed by atoms with Crippen LogP contribution in [-0.4, -0.2) is 29.6 Å². The van der Waals surface area contributed by atoms with Crippen molar-refractivity contribution in [2.45, 2.75) is 44.8 Å². The van der Waals surface area contributed by atoms with Crippen LogP contribution >= 0.6 is 0 Å². The van der Waals surface area contributed by atoms with Gasteiger partial charge in [0.15, 0.2) is 0 Å². The maximum atomic E-state index is 10.2. The highest BCUT2D eigenvalue weighted by atomic mass is 16.3. The molecule has 17 heavy (non-hydrogen) atoms. The zero-order valence-corrected chi connectivity index (χ0v) is 10.9. The van der Waals surface area contributed by atoms with Gasteiger partial charge in [-0.05, 0) is 32.4 Å². The minimum atomic E-state index is -0.360. The first-order valence-electron chi connectivity index (χ1n) is 6.61. The molecule has 0 heterocycles. The highest BCUT2D eigenvalue weighted by molar-refractivity contribution is 5.23. The van der Waals surface area contributed by atoms with Crippen LogP contribution in [0.4, 0.5) is 0 Å². The van der Waals surface area contributed by atoms with Gasteiger partial charge in [-0.25, -0.2) is 0 Å². The average molecular weight is 233 g/mol. The molecule has 0 aromatic heterocycles. The third kappa shape index (κ3) is 3.30. The highest BCUT2D eigenvalue weighted by Gasteiger charge is 2.21. The first-order valence-corrected chi connectivity index (χ1v) is 6.61. The Kier molecular flexibility index (Phi) is 4.19. The number of nitrogens with zero attached hydrogens (tertiary/aromatic N) is 1. The van der Waals surface area contributed by atoms with Gasteiger partial charge in [0.25, 0.3) is 0 Å². The lowest BCUT2D eigenvalue weighted by Gasteiger charge is -2.26. The molecular weight excluding hydrogens is 210 g/mol. The Morgan fingerprint density at radius 3 is 2.41 bits per heavy atom. The van der Waals surface area contributed by atoms with Gasteiger partial charge < -0.3 is 10.0 Å². The van der Waals surface area contributed by atoms with Crippen LogP contribution < -0.4 is 0 Å². The minimum absolute atomic E-state index is 0.360. The smallest absolute Gasteiger partial charge is 0.0916 e. The Morgan fingerprint density at radius 2 is 1.82 bits per heavy atom. The van der Waals surface area contributed by atoms with E-state index in [0.29, 0.717) is 6.04 Å². The molecule has 94 valence electrons. The van der Waals surface area contributed by atoms with Crippen molar-refractivity contribution < 1.29 is 5.11 Å². The molecule has 0 amide bonds. The fourth-order valence-electron chi connectivity index (χ4n) is 2.66. The van der Waals surface area contributed by atoms with Crippen molar-refractivity contribution in [2.75, 3.05) is 13.6 Å². The number of aliphatic hydroxyl groups is 1. The second-order valence-corrected chi connectivity index (χ2v) is 5.30. The molecule has 1 atom stereocenters. The van der Waals surface area contributed by atoms with Crippen LogP contribution in [0.5, 0.6) is 0 Å². The van der Waals surface area contributed by atoms with Gasteiger partial charge in [-0.3, -0.25) is 0 Å². The first kappa shape index (κ1) is 12.6. The molecule has 1 unspecified atom stereocenters. The van der Waals surface area contributed by atoms with Crippen LogP contribution in [0.1, 0.15) is 42.9 Å². The monoisotopic (exact) mass is 233 g/mol. The normalized spacial score (nSPS) is 18.8. The molecule has 0 bridgehead atoms. The Labute approximate surface area is 104 Å². The van der Waals surface area contributed by atoms with E-state index in [2.05, 4.69) is 31.0 Å². The predicted octanol–water partition coefficient (Wildman–Crippen LogP) is 2.90. The quantitative estimate of drug-likeness (QED) is 0.864. The van der Waals surface area contributed by atoms with Crippen molar-refractivity contribution in [3.63, 3.8) is 0 Å². The van der Waals surface area contributed by atoms with E-state index in [0.717, 1.165) is 12.1 Å². The van der Waals surface area contributed by atoms with E-state index < -0.39 is 0 Å². The van der Waals surface area contributed by atoms with Gasteiger partial charge in [0.05, 0.1) is 6.10 Å². The lowest BCUT2D eigenvalue weighted by molar-refractivity contribution is 0.105. The minimum Gasteiger partial charge on any atom is -0.387 e. The van der Waals surface area contributed by atoms with Gasteiger partial charge in [0.2, 0.25) is 0 Å². The molecule has 2 heteroatoms. The van der Waals surface area contributed by atoms with Crippen LogP contribution in [0, 0.1) is 6.92 Å². The van der Waals surface area contributed by atoms with E-state index >= 15 is 0 Å². The Bertz CT molecular complexity index is 340. The molecule has 0 radical (unpaired) electrons. The Balaban J connectivity index is 1.91. The van der Waals surface area contributed by atoms with Crippen LogP contribution in [0.25, 0.3) is 0 Å². The van der Waals surface area contributed by atoms with Crippen LogP contribution in [0.15, 0.2) is 24.3 Å². The maximum absolute atomic E-state index is 10.2. The lowest BCUT2D eigenvalue weighted by atomic mass is 10.1. The van der Waals surface area contributed by atoms with Crippen molar-refractivity contribution in [3.05, 3.63) is 35.4 Å². The number of benzene rings is 1. The number of likely N-dealkylation sites (N-methyl/N-ethyl adjacent to an activating group) is 1. The summed E-state index contributed by atoms with van der Waals surface area (Å²) in [6.07, 6.45) is 4.90. The van der Waals surface area contributed by atoms with E-state index in [1.807, 2.05) is 12.1 Å². The summed E-state index contributed by atoms with van der Waals surface area (Å²) in [7, 11) is 2.13. The molecule has 1 aliphatic rings. The van der Waals surface area contributed by atoms with Crippen molar-refractivity contribution in [2.24, 2.45) is 0 Å². The van der Waals surface area contributed by atoms with Gasteiger partial charge in [-0.15, -0.1) is 0 Å². The van der Waals surface area contributed by atoms with E-state index in [-0.39, 0.29) is 6.10 Å². The summed E-state index contributed by atoms with van der Waals surface area (Å²) in [4.78, 5) is 2.32. The average Bonchev–Trinajstić information content (AvgIpc) is 2.83. The molecule has 0 aliphatic heterocycles. The predicted molar refractivity (Wildman–Crippen MR) is 71.0 cm³/mol. The number of rotatable bonds is 4. The highest BCUT2D eigenvalue weighted by Crippen LogP contribution is 2.24. The summed E-state index contributed by atoms with van der Waals surface area (Å²) in [6.45, 7) is 2.81. The SMILES string of the molecule is Cc1ccc(C(O)CN(C)C2CCCC2)cc1.